The van der Waals surface area contributed by atoms with Crippen molar-refractivity contribution in [2.24, 2.45) is 0 Å². The molecule has 0 aliphatic heterocycles. The lowest BCUT2D eigenvalue weighted by Crippen LogP contribution is -1.85. The van der Waals surface area contributed by atoms with E-state index in [1.54, 1.807) is 6.07 Å². The third kappa shape index (κ3) is 2.03. The van der Waals surface area contributed by atoms with Crippen molar-refractivity contribution in [3.8, 4) is 11.3 Å². The van der Waals surface area contributed by atoms with Gasteiger partial charge in [0.15, 0.2) is 5.51 Å². The maximum Gasteiger partial charge on any atom is 0.153 e. The smallest absolute Gasteiger partial charge is 0.153 e. The lowest BCUT2D eigenvalue weighted by molar-refractivity contribution is 1.17. The van der Waals surface area contributed by atoms with Crippen LogP contribution >= 0.6 is 34.5 Å². The summed E-state index contributed by atoms with van der Waals surface area (Å²) < 4.78 is 0. The Morgan fingerprint density at radius 1 is 1.40 bits per heavy atom. The first-order valence-corrected chi connectivity index (χ1v) is 6.11. The minimum atomic E-state index is 0.559. The highest BCUT2D eigenvalue weighted by molar-refractivity contribution is 7.09. The van der Waals surface area contributed by atoms with Crippen LogP contribution < -0.4 is 0 Å². The second kappa shape index (κ2) is 4.52. The average molecular weight is 257 g/mol. The van der Waals surface area contributed by atoms with Crippen LogP contribution in [0.2, 0.25) is 10.0 Å². The van der Waals surface area contributed by atoms with E-state index >= 15 is 0 Å². The number of rotatable bonds is 2. The maximum atomic E-state index is 6.13. The van der Waals surface area contributed by atoms with E-state index in [2.05, 4.69) is 17.4 Å². The van der Waals surface area contributed by atoms with Crippen molar-refractivity contribution >= 4 is 34.5 Å². The monoisotopic (exact) mass is 256 g/mol. The van der Waals surface area contributed by atoms with Gasteiger partial charge in [-0.2, -0.15) is 0 Å². The normalized spacial score (nSPS) is 10.6. The van der Waals surface area contributed by atoms with Crippen molar-refractivity contribution < 1.29 is 0 Å². The summed E-state index contributed by atoms with van der Waals surface area (Å²) in [4.78, 5) is 5.39. The zero-order valence-electron chi connectivity index (χ0n) is 8.05. The van der Waals surface area contributed by atoms with Crippen LogP contribution in [0.15, 0.2) is 18.2 Å². The number of nitrogens with zero attached hydrogens (tertiary/aromatic N) is 1. The molecule has 1 nitrogen and oxygen atoms in total. The Labute approximate surface area is 103 Å². The van der Waals surface area contributed by atoms with E-state index in [1.165, 1.54) is 16.2 Å². The molecule has 0 saturated carbocycles. The molecule has 4 heteroatoms. The van der Waals surface area contributed by atoms with Gasteiger partial charge in [-0.05, 0) is 12.5 Å². The Morgan fingerprint density at radius 3 is 2.93 bits per heavy atom. The first kappa shape index (κ1) is 10.9. The van der Waals surface area contributed by atoms with E-state index in [0.717, 1.165) is 17.7 Å². The molecule has 0 unspecified atom stereocenters. The summed E-state index contributed by atoms with van der Waals surface area (Å²) in [7, 11) is 0. The SMILES string of the molecule is CCc1s[c]nc1-c1cccc(Cl)c1Cl. The van der Waals surface area contributed by atoms with Crippen molar-refractivity contribution in [1.82, 2.24) is 4.98 Å². The molecule has 0 bridgehead atoms. The number of aromatic nitrogens is 1. The number of aryl methyl sites for hydroxylation is 1. The summed E-state index contributed by atoms with van der Waals surface area (Å²) in [6, 6.07) is 5.58. The Hall–Kier alpha value is -0.570. The fourth-order valence-electron chi connectivity index (χ4n) is 1.37. The number of halogens is 2. The number of thiazole rings is 1. The van der Waals surface area contributed by atoms with Crippen LogP contribution in [0.5, 0.6) is 0 Å². The first-order valence-electron chi connectivity index (χ1n) is 4.54. The predicted octanol–water partition coefficient (Wildman–Crippen LogP) is 4.48. The minimum absolute atomic E-state index is 0.559. The number of hydrogen-bond donors (Lipinski definition) is 0. The van der Waals surface area contributed by atoms with E-state index in [1.807, 2.05) is 12.1 Å². The molecule has 0 saturated heterocycles. The molecule has 0 atom stereocenters. The molecule has 0 amide bonds. The third-order valence-corrected chi connectivity index (χ3v) is 3.85. The Balaban J connectivity index is 2.59. The lowest BCUT2D eigenvalue weighted by Gasteiger charge is -2.04. The molecule has 2 rings (SSSR count). The molecule has 77 valence electrons. The molecule has 0 aliphatic carbocycles. The predicted molar refractivity (Wildman–Crippen MR) is 65.8 cm³/mol. The summed E-state index contributed by atoms with van der Waals surface area (Å²) in [5.74, 6) is 0. The van der Waals surface area contributed by atoms with E-state index in [-0.39, 0.29) is 0 Å². The van der Waals surface area contributed by atoms with Crippen molar-refractivity contribution in [1.29, 1.82) is 0 Å². The molecule has 2 aromatic rings. The van der Waals surface area contributed by atoms with Crippen LogP contribution in [0.3, 0.4) is 0 Å². The van der Waals surface area contributed by atoms with Crippen LogP contribution in [0.4, 0.5) is 0 Å². The van der Waals surface area contributed by atoms with Crippen molar-refractivity contribution in [2.75, 3.05) is 0 Å². The largest absolute Gasteiger partial charge is 0.233 e. The van der Waals surface area contributed by atoms with Gasteiger partial charge in [0.2, 0.25) is 0 Å². The summed E-state index contributed by atoms with van der Waals surface area (Å²) in [6.07, 6.45) is 0.930. The third-order valence-electron chi connectivity index (χ3n) is 2.12. The Kier molecular flexibility index (Phi) is 3.29. The van der Waals surface area contributed by atoms with Crippen LogP contribution in [0.1, 0.15) is 11.8 Å². The van der Waals surface area contributed by atoms with Gasteiger partial charge < -0.3 is 0 Å². The molecule has 0 fully saturated rings. The van der Waals surface area contributed by atoms with Gasteiger partial charge in [-0.1, -0.05) is 42.3 Å². The van der Waals surface area contributed by atoms with E-state index in [4.69, 9.17) is 23.2 Å². The molecule has 1 aromatic heterocycles. The lowest BCUT2D eigenvalue weighted by atomic mass is 10.1. The maximum absolute atomic E-state index is 6.13. The average Bonchev–Trinajstić information content (AvgIpc) is 2.70. The van der Waals surface area contributed by atoms with Crippen molar-refractivity contribution in [3.05, 3.63) is 38.6 Å². The summed E-state index contributed by atoms with van der Waals surface area (Å²) in [6.45, 7) is 2.09. The Morgan fingerprint density at radius 2 is 2.20 bits per heavy atom. The van der Waals surface area contributed by atoms with Crippen LogP contribution in [0, 0.1) is 5.51 Å². The molecule has 0 N–H and O–H groups in total. The molecule has 0 aliphatic rings. The molecule has 1 radical (unpaired) electrons. The van der Waals surface area contributed by atoms with Crippen LogP contribution in [0.25, 0.3) is 11.3 Å². The quantitative estimate of drug-likeness (QED) is 0.772. The van der Waals surface area contributed by atoms with E-state index < -0.39 is 0 Å². The number of hydrogen-bond acceptors (Lipinski definition) is 2. The van der Waals surface area contributed by atoms with E-state index in [0.29, 0.717) is 10.0 Å². The van der Waals surface area contributed by atoms with E-state index in [9.17, 15) is 0 Å². The Bertz CT molecular complexity index is 479. The van der Waals surface area contributed by atoms with Gasteiger partial charge >= 0.3 is 0 Å². The van der Waals surface area contributed by atoms with Crippen LogP contribution in [-0.4, -0.2) is 4.98 Å². The standard InChI is InChI=1S/C11H8Cl2NS/c1-2-9-11(14-6-15-9)7-4-3-5-8(12)10(7)13/h3-5H,2H2,1H3. The highest BCUT2D eigenvalue weighted by Gasteiger charge is 2.12. The van der Waals surface area contributed by atoms with Gasteiger partial charge in [0.25, 0.3) is 0 Å². The molecular formula is C11H8Cl2NS. The summed E-state index contributed by atoms with van der Waals surface area (Å²) >= 11 is 13.6. The molecule has 1 aromatic carbocycles. The highest BCUT2D eigenvalue weighted by atomic mass is 35.5. The topological polar surface area (TPSA) is 12.9 Å². The zero-order chi connectivity index (χ0) is 10.8. The zero-order valence-corrected chi connectivity index (χ0v) is 10.4. The van der Waals surface area contributed by atoms with Gasteiger partial charge in [0.1, 0.15) is 0 Å². The molecule has 0 spiro atoms. The summed E-state index contributed by atoms with van der Waals surface area (Å²) in [5.41, 5.74) is 4.67. The second-order valence-corrected chi connectivity index (χ2v) is 4.70. The fourth-order valence-corrected chi connectivity index (χ4v) is 2.40. The van der Waals surface area contributed by atoms with Crippen molar-refractivity contribution in [3.63, 3.8) is 0 Å². The fraction of sp³-hybridized carbons (Fsp3) is 0.182. The van der Waals surface area contributed by atoms with Gasteiger partial charge in [-0.25, -0.2) is 4.98 Å². The van der Waals surface area contributed by atoms with Crippen molar-refractivity contribution in [2.45, 2.75) is 13.3 Å². The van der Waals surface area contributed by atoms with Crippen LogP contribution in [-0.2, 0) is 6.42 Å². The summed E-state index contributed by atoms with van der Waals surface area (Å²) in [5, 5.41) is 1.12. The molecule has 15 heavy (non-hydrogen) atoms. The van der Waals surface area contributed by atoms with Gasteiger partial charge in [0.05, 0.1) is 15.7 Å². The van der Waals surface area contributed by atoms with Gasteiger partial charge in [-0.3, -0.25) is 0 Å². The highest BCUT2D eigenvalue weighted by Crippen LogP contribution is 2.35. The molecular weight excluding hydrogens is 249 g/mol. The second-order valence-electron chi connectivity index (χ2n) is 3.03. The minimum Gasteiger partial charge on any atom is -0.233 e. The number of benzene rings is 1. The van der Waals surface area contributed by atoms with Gasteiger partial charge in [-0.15, -0.1) is 11.3 Å². The molecule has 1 heterocycles. The van der Waals surface area contributed by atoms with Gasteiger partial charge in [0, 0.05) is 10.4 Å². The first-order chi connectivity index (χ1) is 7.24.